The third-order valence-corrected chi connectivity index (χ3v) is 6.43. The lowest BCUT2D eigenvalue weighted by Crippen LogP contribution is -2.37. The minimum atomic E-state index is -3.39. The molecule has 0 spiro atoms. The fourth-order valence-corrected chi connectivity index (χ4v) is 4.30. The predicted octanol–water partition coefficient (Wildman–Crippen LogP) is 2.32. The lowest BCUT2D eigenvalue weighted by molar-refractivity contribution is -0.132. The van der Waals surface area contributed by atoms with Gasteiger partial charge in [0.15, 0.2) is 0 Å². The number of carbonyl (C=O) groups is 1. The molecule has 1 heterocycles. The van der Waals surface area contributed by atoms with Gasteiger partial charge in [-0.15, -0.1) is 0 Å². The first-order valence-corrected chi connectivity index (χ1v) is 10.3. The second kappa shape index (κ2) is 7.23. The van der Waals surface area contributed by atoms with Crippen LogP contribution in [0.15, 0.2) is 29.2 Å². The highest BCUT2D eigenvalue weighted by Gasteiger charge is 2.27. The van der Waals surface area contributed by atoms with E-state index < -0.39 is 10.0 Å². The zero-order chi connectivity index (χ0) is 17.2. The molecule has 6 heteroatoms. The first kappa shape index (κ1) is 17.4. The Labute approximate surface area is 144 Å². The molecule has 24 heavy (non-hydrogen) atoms. The van der Waals surface area contributed by atoms with Crippen LogP contribution < -0.4 is 4.72 Å². The summed E-state index contributed by atoms with van der Waals surface area (Å²) in [5.74, 6) is 0.918. The van der Waals surface area contributed by atoms with E-state index in [0.717, 1.165) is 44.3 Å². The van der Waals surface area contributed by atoms with Crippen LogP contribution in [0.2, 0.25) is 0 Å². The molecule has 0 aromatic heterocycles. The summed E-state index contributed by atoms with van der Waals surface area (Å²) in [5, 5.41) is 0. The molecular formula is C18H26N2O3S. The van der Waals surface area contributed by atoms with Crippen molar-refractivity contribution in [2.24, 2.45) is 5.92 Å². The summed E-state index contributed by atoms with van der Waals surface area (Å²) in [4.78, 5) is 14.5. The van der Waals surface area contributed by atoms with E-state index in [4.69, 9.17) is 0 Å². The summed E-state index contributed by atoms with van der Waals surface area (Å²) in [5.41, 5.74) is 0.999. The van der Waals surface area contributed by atoms with Gasteiger partial charge in [0.25, 0.3) is 0 Å². The Kier molecular flexibility index (Phi) is 5.25. The topological polar surface area (TPSA) is 66.5 Å². The molecule has 1 amide bonds. The largest absolute Gasteiger partial charge is 0.343 e. The van der Waals surface area contributed by atoms with Gasteiger partial charge >= 0.3 is 0 Å². The third kappa shape index (κ3) is 4.57. The summed E-state index contributed by atoms with van der Waals surface area (Å²) in [6, 6.07) is 7.00. The van der Waals surface area contributed by atoms with Crippen LogP contribution in [0.25, 0.3) is 0 Å². The maximum Gasteiger partial charge on any atom is 0.240 e. The summed E-state index contributed by atoms with van der Waals surface area (Å²) in [6.45, 7) is 3.96. The summed E-state index contributed by atoms with van der Waals surface area (Å²) < 4.78 is 26.9. The fraction of sp³-hybridized carbons (Fsp3) is 0.611. The van der Waals surface area contributed by atoms with Gasteiger partial charge in [0.2, 0.25) is 15.9 Å². The van der Waals surface area contributed by atoms with Gasteiger partial charge in [-0.3, -0.25) is 4.79 Å². The van der Waals surface area contributed by atoms with Gasteiger partial charge in [-0.1, -0.05) is 19.1 Å². The molecule has 2 aliphatic rings. The molecule has 1 aromatic rings. The number of carbonyl (C=O) groups excluding carboxylic acids is 1. The molecule has 1 saturated carbocycles. The van der Waals surface area contributed by atoms with Gasteiger partial charge in [0.05, 0.1) is 4.90 Å². The average molecular weight is 350 g/mol. The maximum atomic E-state index is 12.3. The van der Waals surface area contributed by atoms with E-state index in [9.17, 15) is 13.2 Å². The Morgan fingerprint density at radius 2 is 1.75 bits per heavy atom. The van der Waals surface area contributed by atoms with Crippen LogP contribution in [0.4, 0.5) is 0 Å². The van der Waals surface area contributed by atoms with Crippen molar-refractivity contribution in [3.8, 4) is 0 Å². The number of sulfonamides is 1. The summed E-state index contributed by atoms with van der Waals surface area (Å²) in [6.07, 6.45) is 5.17. The van der Waals surface area contributed by atoms with Crippen LogP contribution in [-0.4, -0.2) is 38.4 Å². The highest BCUT2D eigenvalue weighted by Crippen LogP contribution is 2.22. The molecule has 1 aliphatic carbocycles. The van der Waals surface area contributed by atoms with Crippen molar-refractivity contribution in [2.75, 3.05) is 13.1 Å². The Bertz CT molecular complexity index is 673. The van der Waals surface area contributed by atoms with Gasteiger partial charge in [-0.2, -0.15) is 0 Å². The van der Waals surface area contributed by atoms with Crippen molar-refractivity contribution in [1.82, 2.24) is 9.62 Å². The zero-order valence-corrected chi connectivity index (χ0v) is 15.0. The maximum absolute atomic E-state index is 12.3. The van der Waals surface area contributed by atoms with E-state index in [1.165, 1.54) is 0 Å². The molecule has 0 bridgehead atoms. The Morgan fingerprint density at radius 1 is 1.12 bits per heavy atom. The van der Waals surface area contributed by atoms with Gasteiger partial charge in [-0.05, 0) is 55.7 Å². The van der Waals surface area contributed by atoms with Crippen LogP contribution in [-0.2, 0) is 21.2 Å². The molecule has 1 aliphatic heterocycles. The standard InChI is InChI=1S/C18H26N2O3S/c1-14-10-12-20(13-11-14)18(21)9-4-15-2-7-17(8-3-15)24(22,23)19-16-5-6-16/h2-3,7-8,14,16,19H,4-6,9-13H2,1H3. The molecule has 3 rings (SSSR count). The highest BCUT2D eigenvalue weighted by atomic mass is 32.2. The summed E-state index contributed by atoms with van der Waals surface area (Å²) >= 11 is 0. The quantitative estimate of drug-likeness (QED) is 0.856. The Hall–Kier alpha value is -1.40. The highest BCUT2D eigenvalue weighted by molar-refractivity contribution is 7.89. The third-order valence-electron chi connectivity index (χ3n) is 4.90. The average Bonchev–Trinajstić information content (AvgIpc) is 3.37. The number of nitrogens with one attached hydrogen (secondary N) is 1. The molecule has 2 fully saturated rings. The smallest absolute Gasteiger partial charge is 0.240 e. The summed E-state index contributed by atoms with van der Waals surface area (Å²) in [7, 11) is -3.39. The van der Waals surface area contributed by atoms with Gasteiger partial charge in [0.1, 0.15) is 0 Å². The molecular weight excluding hydrogens is 324 g/mol. The van der Waals surface area contributed by atoms with Gasteiger partial charge in [0, 0.05) is 25.6 Å². The monoisotopic (exact) mass is 350 g/mol. The first-order chi connectivity index (χ1) is 11.4. The van der Waals surface area contributed by atoms with E-state index in [1.807, 2.05) is 17.0 Å². The number of aryl methyl sites for hydroxylation is 1. The molecule has 0 unspecified atom stereocenters. The zero-order valence-electron chi connectivity index (χ0n) is 14.2. The van der Waals surface area contributed by atoms with E-state index in [2.05, 4.69) is 11.6 Å². The number of amides is 1. The molecule has 5 nitrogen and oxygen atoms in total. The van der Waals surface area contributed by atoms with Crippen molar-refractivity contribution >= 4 is 15.9 Å². The van der Waals surface area contributed by atoms with Crippen LogP contribution in [0, 0.1) is 5.92 Å². The number of likely N-dealkylation sites (tertiary alicyclic amines) is 1. The Morgan fingerprint density at radius 3 is 2.33 bits per heavy atom. The van der Waals surface area contributed by atoms with Crippen molar-refractivity contribution in [2.45, 2.75) is 56.4 Å². The lowest BCUT2D eigenvalue weighted by atomic mass is 9.98. The fourth-order valence-electron chi connectivity index (χ4n) is 2.99. The van der Waals surface area contributed by atoms with Crippen molar-refractivity contribution in [1.29, 1.82) is 0 Å². The lowest BCUT2D eigenvalue weighted by Gasteiger charge is -2.30. The van der Waals surface area contributed by atoms with Crippen LogP contribution in [0.3, 0.4) is 0 Å². The number of hydrogen-bond acceptors (Lipinski definition) is 3. The Balaban J connectivity index is 1.51. The SMILES string of the molecule is CC1CCN(C(=O)CCc2ccc(S(=O)(=O)NC3CC3)cc2)CC1. The molecule has 0 radical (unpaired) electrons. The molecule has 1 N–H and O–H groups in total. The molecule has 1 aromatic carbocycles. The number of rotatable bonds is 6. The van der Waals surface area contributed by atoms with E-state index >= 15 is 0 Å². The van der Waals surface area contributed by atoms with Crippen LogP contribution >= 0.6 is 0 Å². The normalized spacial score (nSPS) is 19.5. The van der Waals surface area contributed by atoms with Gasteiger partial charge < -0.3 is 4.90 Å². The van der Waals surface area contributed by atoms with E-state index in [-0.39, 0.29) is 11.9 Å². The first-order valence-electron chi connectivity index (χ1n) is 8.83. The molecule has 0 atom stereocenters. The molecule has 1 saturated heterocycles. The van der Waals surface area contributed by atoms with Crippen molar-refractivity contribution in [3.05, 3.63) is 29.8 Å². The van der Waals surface area contributed by atoms with Crippen molar-refractivity contribution in [3.63, 3.8) is 0 Å². The number of hydrogen-bond donors (Lipinski definition) is 1. The molecule has 132 valence electrons. The minimum absolute atomic E-state index is 0.111. The van der Waals surface area contributed by atoms with Crippen LogP contribution in [0.5, 0.6) is 0 Å². The number of benzene rings is 1. The number of nitrogens with zero attached hydrogens (tertiary/aromatic N) is 1. The van der Waals surface area contributed by atoms with E-state index in [1.54, 1.807) is 12.1 Å². The van der Waals surface area contributed by atoms with Crippen LogP contribution in [0.1, 0.15) is 44.6 Å². The number of piperidine rings is 1. The second-order valence-electron chi connectivity index (χ2n) is 7.10. The van der Waals surface area contributed by atoms with Crippen molar-refractivity contribution < 1.29 is 13.2 Å². The second-order valence-corrected chi connectivity index (χ2v) is 8.82. The predicted molar refractivity (Wildman–Crippen MR) is 93.1 cm³/mol. The van der Waals surface area contributed by atoms with E-state index in [0.29, 0.717) is 23.7 Å². The minimum Gasteiger partial charge on any atom is -0.343 e. The van der Waals surface area contributed by atoms with Gasteiger partial charge in [-0.25, -0.2) is 13.1 Å².